The van der Waals surface area contributed by atoms with Crippen LogP contribution in [0.5, 0.6) is 0 Å². The van der Waals surface area contributed by atoms with Crippen molar-refractivity contribution >= 4 is 21.8 Å². The SMILES string of the molecule is Cc1cc(C(=O)COC(=O)C2CC2c2ccc(F)cc2)c(C)n1-c1ccc(S(N)(=O)=O)cc1. The Labute approximate surface area is 191 Å². The number of benzene rings is 2. The van der Waals surface area contributed by atoms with Crippen LogP contribution < -0.4 is 5.14 Å². The van der Waals surface area contributed by atoms with Gasteiger partial charge in [-0.25, -0.2) is 17.9 Å². The molecule has 33 heavy (non-hydrogen) atoms. The Bertz CT molecular complexity index is 1330. The molecule has 0 radical (unpaired) electrons. The fraction of sp³-hybridized carbons (Fsp3) is 0.250. The summed E-state index contributed by atoms with van der Waals surface area (Å²) in [6.45, 7) is 3.21. The number of nitrogens with two attached hydrogens (primary N) is 1. The highest BCUT2D eigenvalue weighted by Crippen LogP contribution is 2.48. The molecule has 1 heterocycles. The maximum atomic E-state index is 13.1. The van der Waals surface area contributed by atoms with E-state index in [1.54, 1.807) is 37.3 Å². The third-order valence-electron chi connectivity index (χ3n) is 5.89. The molecule has 7 nitrogen and oxygen atoms in total. The van der Waals surface area contributed by atoms with Gasteiger partial charge in [-0.2, -0.15) is 0 Å². The average Bonchev–Trinajstić information content (AvgIpc) is 3.51. The molecule has 0 amide bonds. The highest BCUT2D eigenvalue weighted by molar-refractivity contribution is 7.89. The number of carbonyl (C=O) groups excluding carboxylic acids is 2. The number of sulfonamides is 1. The van der Waals surface area contributed by atoms with Crippen molar-refractivity contribution < 1.29 is 27.1 Å². The summed E-state index contributed by atoms with van der Waals surface area (Å²) in [5.41, 5.74) is 3.38. The first-order chi connectivity index (χ1) is 15.6. The molecule has 1 saturated carbocycles. The van der Waals surface area contributed by atoms with Crippen molar-refractivity contribution in [1.82, 2.24) is 4.57 Å². The molecular formula is C24H23FN2O5S. The van der Waals surface area contributed by atoms with Gasteiger partial charge in [0.05, 0.1) is 10.8 Å². The standard InChI is InChI=1S/C24H23FN2O5S/c1-14-11-20(15(2)27(14)18-7-9-19(10-8-18)33(26,30)31)23(28)13-32-24(29)22-12-21(22)16-3-5-17(25)6-4-16/h3-11,21-22H,12-13H2,1-2H3,(H2,26,30,31). The number of hydrogen-bond donors (Lipinski definition) is 1. The van der Waals surface area contributed by atoms with Crippen molar-refractivity contribution in [2.75, 3.05) is 6.61 Å². The van der Waals surface area contributed by atoms with Crippen LogP contribution in [0.15, 0.2) is 59.5 Å². The first-order valence-electron chi connectivity index (χ1n) is 10.3. The Hall–Kier alpha value is -3.30. The monoisotopic (exact) mass is 470 g/mol. The maximum Gasteiger partial charge on any atom is 0.310 e. The van der Waals surface area contributed by atoms with Gasteiger partial charge in [0, 0.05) is 22.6 Å². The van der Waals surface area contributed by atoms with Crippen molar-refractivity contribution in [2.24, 2.45) is 11.1 Å². The number of ketones is 1. The number of hydrogen-bond acceptors (Lipinski definition) is 5. The van der Waals surface area contributed by atoms with E-state index in [-0.39, 0.29) is 34.9 Å². The molecule has 1 aromatic heterocycles. The highest BCUT2D eigenvalue weighted by Gasteiger charge is 2.45. The van der Waals surface area contributed by atoms with E-state index >= 15 is 0 Å². The number of halogens is 1. The predicted molar refractivity (Wildman–Crippen MR) is 119 cm³/mol. The van der Waals surface area contributed by atoms with Crippen LogP contribution in [0.3, 0.4) is 0 Å². The number of primary sulfonamides is 1. The van der Waals surface area contributed by atoms with Crippen LogP contribution in [0.4, 0.5) is 4.39 Å². The number of esters is 1. The Kier molecular flexibility index (Phi) is 5.94. The van der Waals surface area contributed by atoms with E-state index in [9.17, 15) is 22.4 Å². The van der Waals surface area contributed by atoms with Crippen LogP contribution in [-0.4, -0.2) is 31.3 Å². The second kappa shape index (κ2) is 8.57. The molecule has 0 spiro atoms. The van der Waals surface area contributed by atoms with Crippen molar-refractivity contribution in [2.45, 2.75) is 31.1 Å². The second-order valence-corrected chi connectivity index (χ2v) is 9.75. The summed E-state index contributed by atoms with van der Waals surface area (Å²) in [6, 6.07) is 13.8. The second-order valence-electron chi connectivity index (χ2n) is 8.19. The minimum Gasteiger partial charge on any atom is -0.457 e. The molecule has 2 N–H and O–H groups in total. The topological polar surface area (TPSA) is 108 Å². The molecule has 2 unspecified atom stereocenters. The molecule has 0 saturated heterocycles. The van der Waals surface area contributed by atoms with Gasteiger partial charge in [-0.3, -0.25) is 9.59 Å². The molecule has 172 valence electrons. The van der Waals surface area contributed by atoms with Gasteiger partial charge >= 0.3 is 5.97 Å². The molecule has 1 aliphatic rings. The number of aromatic nitrogens is 1. The molecule has 2 atom stereocenters. The number of Topliss-reactive ketones (excluding diaryl/α,β-unsaturated/α-hetero) is 1. The lowest BCUT2D eigenvalue weighted by molar-refractivity contribution is -0.144. The van der Waals surface area contributed by atoms with Gasteiger partial charge in [-0.05, 0) is 74.2 Å². The van der Waals surface area contributed by atoms with Gasteiger partial charge < -0.3 is 9.30 Å². The van der Waals surface area contributed by atoms with Crippen LogP contribution >= 0.6 is 0 Å². The molecule has 1 aliphatic carbocycles. The summed E-state index contributed by atoms with van der Waals surface area (Å²) in [7, 11) is -3.80. The zero-order valence-electron chi connectivity index (χ0n) is 18.1. The summed E-state index contributed by atoms with van der Waals surface area (Å²) < 4.78 is 43.1. The summed E-state index contributed by atoms with van der Waals surface area (Å²) in [4.78, 5) is 25.1. The molecule has 0 aliphatic heterocycles. The Morgan fingerprint density at radius 2 is 1.73 bits per heavy atom. The van der Waals surface area contributed by atoms with Gasteiger partial charge in [-0.15, -0.1) is 0 Å². The lowest BCUT2D eigenvalue weighted by Gasteiger charge is -2.10. The lowest BCUT2D eigenvalue weighted by Crippen LogP contribution is -2.16. The first-order valence-corrected chi connectivity index (χ1v) is 11.9. The summed E-state index contributed by atoms with van der Waals surface area (Å²) in [5.74, 6) is -1.44. The van der Waals surface area contributed by atoms with Crippen LogP contribution in [0.2, 0.25) is 0 Å². The number of ether oxygens (including phenoxy) is 1. The zero-order valence-corrected chi connectivity index (χ0v) is 18.9. The van der Waals surface area contributed by atoms with Crippen molar-refractivity contribution in [3.8, 4) is 5.69 Å². The minimum absolute atomic E-state index is 0.00376. The third-order valence-corrected chi connectivity index (χ3v) is 6.82. The average molecular weight is 471 g/mol. The normalized spacial score (nSPS) is 17.6. The quantitative estimate of drug-likeness (QED) is 0.421. The fourth-order valence-electron chi connectivity index (χ4n) is 4.08. The third kappa shape index (κ3) is 4.74. The Balaban J connectivity index is 1.42. The van der Waals surface area contributed by atoms with E-state index in [0.29, 0.717) is 23.4 Å². The van der Waals surface area contributed by atoms with E-state index < -0.39 is 16.0 Å². The van der Waals surface area contributed by atoms with Gasteiger partial charge in [0.1, 0.15) is 5.82 Å². The molecule has 9 heteroatoms. The zero-order chi connectivity index (χ0) is 23.9. The van der Waals surface area contributed by atoms with Gasteiger partial charge in [0.15, 0.2) is 6.61 Å². The smallest absolute Gasteiger partial charge is 0.310 e. The van der Waals surface area contributed by atoms with E-state index in [0.717, 1.165) is 11.3 Å². The van der Waals surface area contributed by atoms with Gasteiger partial charge in [0.25, 0.3) is 0 Å². The van der Waals surface area contributed by atoms with Crippen molar-refractivity contribution in [1.29, 1.82) is 0 Å². The van der Waals surface area contributed by atoms with Crippen LogP contribution in [0, 0.1) is 25.6 Å². The lowest BCUT2D eigenvalue weighted by atomic mass is 10.1. The van der Waals surface area contributed by atoms with E-state index in [2.05, 4.69) is 0 Å². The molecule has 3 aromatic rings. The summed E-state index contributed by atoms with van der Waals surface area (Å²) >= 11 is 0. The van der Waals surface area contributed by atoms with E-state index in [1.165, 1.54) is 24.3 Å². The minimum atomic E-state index is -3.80. The van der Waals surface area contributed by atoms with E-state index in [4.69, 9.17) is 9.88 Å². The largest absolute Gasteiger partial charge is 0.457 e. The molecular weight excluding hydrogens is 447 g/mol. The van der Waals surface area contributed by atoms with Gasteiger partial charge in [-0.1, -0.05) is 12.1 Å². The van der Waals surface area contributed by atoms with E-state index in [1.807, 2.05) is 11.5 Å². The van der Waals surface area contributed by atoms with Crippen LogP contribution in [-0.2, 0) is 19.6 Å². The molecule has 4 rings (SSSR count). The van der Waals surface area contributed by atoms with Gasteiger partial charge in [0.2, 0.25) is 15.8 Å². The van der Waals surface area contributed by atoms with Crippen molar-refractivity contribution in [3.63, 3.8) is 0 Å². The Morgan fingerprint density at radius 1 is 1.09 bits per heavy atom. The van der Waals surface area contributed by atoms with Crippen LogP contribution in [0.25, 0.3) is 5.69 Å². The number of nitrogens with zero attached hydrogens (tertiary/aromatic N) is 1. The highest BCUT2D eigenvalue weighted by atomic mass is 32.2. The predicted octanol–water partition coefficient (Wildman–Crippen LogP) is 3.41. The summed E-state index contributed by atoms with van der Waals surface area (Å²) in [5, 5.41) is 5.14. The Morgan fingerprint density at radius 3 is 2.33 bits per heavy atom. The number of aryl methyl sites for hydroxylation is 1. The van der Waals surface area contributed by atoms with Crippen molar-refractivity contribution in [3.05, 3.63) is 82.9 Å². The number of rotatable bonds is 7. The molecule has 2 aromatic carbocycles. The number of carbonyl (C=O) groups is 2. The molecule has 1 fully saturated rings. The summed E-state index contributed by atoms with van der Waals surface area (Å²) in [6.07, 6.45) is 0.613. The maximum absolute atomic E-state index is 13.1. The molecule has 0 bridgehead atoms. The fourth-order valence-corrected chi connectivity index (χ4v) is 4.60. The first kappa shape index (κ1) is 22.9. The van der Waals surface area contributed by atoms with Crippen LogP contribution in [0.1, 0.15) is 39.6 Å².